The highest BCUT2D eigenvalue weighted by Crippen LogP contribution is 2.02. The lowest BCUT2D eigenvalue weighted by Gasteiger charge is -1.94. The van der Waals surface area contributed by atoms with Gasteiger partial charge in [0.2, 0.25) is 4.84 Å². The van der Waals surface area contributed by atoms with Crippen LogP contribution in [0, 0.1) is 0 Å². The average molecular weight is 155 g/mol. The van der Waals surface area contributed by atoms with Crippen molar-refractivity contribution in [3.05, 3.63) is 12.8 Å². The van der Waals surface area contributed by atoms with Gasteiger partial charge in [-0.25, -0.2) is 4.79 Å². The topological polar surface area (TPSA) is 26.3 Å². The zero-order valence-electron chi connectivity index (χ0n) is 3.93. The minimum atomic E-state index is -1.12. The molecular formula is C4H4Cl2O2. The molecule has 0 aliphatic rings. The maximum Gasteiger partial charge on any atom is 0.344 e. The summed E-state index contributed by atoms with van der Waals surface area (Å²) in [6.45, 7) is 3.12. The second-order valence-electron chi connectivity index (χ2n) is 0.904. The van der Waals surface area contributed by atoms with E-state index in [1.807, 2.05) is 0 Å². The third kappa shape index (κ3) is 2.88. The molecule has 0 amide bonds. The predicted octanol–water partition coefficient (Wildman–Crippen LogP) is 1.48. The van der Waals surface area contributed by atoms with Crippen LogP contribution in [0.2, 0.25) is 0 Å². The van der Waals surface area contributed by atoms with Crippen molar-refractivity contribution in [2.24, 2.45) is 0 Å². The number of carbonyl (C=O) groups is 1. The fourth-order valence-electron chi connectivity index (χ4n) is 0.134. The van der Waals surface area contributed by atoms with Gasteiger partial charge in [0.15, 0.2) is 0 Å². The molecule has 2 nitrogen and oxygen atoms in total. The van der Waals surface area contributed by atoms with Gasteiger partial charge in [-0.1, -0.05) is 29.8 Å². The minimum Gasteiger partial charge on any atom is -0.433 e. The Morgan fingerprint density at radius 3 is 2.38 bits per heavy atom. The SMILES string of the molecule is C=COC(=O)C(Cl)Cl. The number of alkyl halides is 2. The van der Waals surface area contributed by atoms with Gasteiger partial charge in [0.05, 0.1) is 6.26 Å². The van der Waals surface area contributed by atoms with Crippen LogP contribution in [0.5, 0.6) is 0 Å². The highest BCUT2D eigenvalue weighted by atomic mass is 35.5. The maximum absolute atomic E-state index is 10.2. The maximum atomic E-state index is 10.2. The van der Waals surface area contributed by atoms with Gasteiger partial charge in [-0.2, -0.15) is 0 Å². The van der Waals surface area contributed by atoms with Crippen molar-refractivity contribution < 1.29 is 9.53 Å². The third-order valence-corrected chi connectivity index (χ3v) is 0.734. The molecule has 0 aromatic rings. The van der Waals surface area contributed by atoms with Gasteiger partial charge in [-0.05, 0) is 0 Å². The fourth-order valence-corrected chi connectivity index (χ4v) is 0.236. The van der Waals surface area contributed by atoms with Gasteiger partial charge in [0, 0.05) is 0 Å². The Morgan fingerprint density at radius 1 is 1.75 bits per heavy atom. The van der Waals surface area contributed by atoms with E-state index in [-0.39, 0.29) is 0 Å². The molecule has 0 saturated heterocycles. The Kier molecular flexibility index (Phi) is 3.65. The smallest absolute Gasteiger partial charge is 0.344 e. The summed E-state index contributed by atoms with van der Waals surface area (Å²) in [7, 11) is 0. The van der Waals surface area contributed by atoms with Crippen LogP contribution in [0.15, 0.2) is 12.8 Å². The number of halogens is 2. The molecule has 8 heavy (non-hydrogen) atoms. The van der Waals surface area contributed by atoms with E-state index < -0.39 is 10.8 Å². The highest BCUT2D eigenvalue weighted by Gasteiger charge is 2.10. The van der Waals surface area contributed by atoms with E-state index in [1.165, 1.54) is 0 Å². The molecule has 46 valence electrons. The summed E-state index contributed by atoms with van der Waals surface area (Å²) in [5.41, 5.74) is 0. The molecule has 0 bridgehead atoms. The summed E-state index contributed by atoms with van der Waals surface area (Å²) in [6.07, 6.45) is 0.972. The summed E-state index contributed by atoms with van der Waals surface area (Å²) in [5, 5.41) is 0. The average Bonchev–Trinajstić information content (AvgIpc) is 1.67. The number of hydrogen-bond acceptors (Lipinski definition) is 2. The van der Waals surface area contributed by atoms with E-state index in [0.29, 0.717) is 0 Å². The number of rotatable bonds is 2. The van der Waals surface area contributed by atoms with Crippen molar-refractivity contribution in [2.45, 2.75) is 4.84 Å². The fraction of sp³-hybridized carbons (Fsp3) is 0.250. The molecule has 0 unspecified atom stereocenters. The standard InChI is InChI=1S/C4H4Cl2O2/c1-2-8-4(7)3(5)6/h2-3H,1H2. The van der Waals surface area contributed by atoms with Crippen molar-refractivity contribution in [3.8, 4) is 0 Å². The lowest BCUT2D eigenvalue weighted by atomic mass is 10.8. The molecule has 0 heterocycles. The quantitative estimate of drug-likeness (QED) is 0.343. The van der Waals surface area contributed by atoms with Gasteiger partial charge in [0.1, 0.15) is 0 Å². The first-order valence-electron chi connectivity index (χ1n) is 1.78. The minimum absolute atomic E-state index is 0.705. The van der Waals surface area contributed by atoms with Gasteiger partial charge in [-0.15, -0.1) is 0 Å². The van der Waals surface area contributed by atoms with E-state index in [9.17, 15) is 4.79 Å². The molecule has 0 aromatic carbocycles. The third-order valence-electron chi connectivity index (χ3n) is 0.378. The number of hydrogen-bond donors (Lipinski definition) is 0. The van der Waals surface area contributed by atoms with Gasteiger partial charge in [0.25, 0.3) is 0 Å². The Morgan fingerprint density at radius 2 is 2.25 bits per heavy atom. The van der Waals surface area contributed by atoms with Crippen LogP contribution in [0.1, 0.15) is 0 Å². The van der Waals surface area contributed by atoms with E-state index in [4.69, 9.17) is 23.2 Å². The normalized spacial score (nSPS) is 8.88. The number of carbonyl (C=O) groups excluding carboxylic acids is 1. The number of ether oxygens (including phenoxy) is 1. The largest absolute Gasteiger partial charge is 0.433 e. The molecule has 0 aromatic heterocycles. The first kappa shape index (κ1) is 7.79. The first-order valence-corrected chi connectivity index (χ1v) is 2.65. The van der Waals surface area contributed by atoms with Crippen molar-refractivity contribution in [2.75, 3.05) is 0 Å². The highest BCUT2D eigenvalue weighted by molar-refractivity contribution is 6.52. The van der Waals surface area contributed by atoms with Crippen molar-refractivity contribution >= 4 is 29.2 Å². The van der Waals surface area contributed by atoms with Crippen LogP contribution in [0.3, 0.4) is 0 Å². The Labute approximate surface area is 57.0 Å². The van der Waals surface area contributed by atoms with Crippen LogP contribution in [-0.4, -0.2) is 10.8 Å². The Balaban J connectivity index is 3.48. The Bertz CT molecular complexity index is 100. The lowest BCUT2D eigenvalue weighted by molar-refractivity contribution is -0.135. The molecule has 0 aliphatic heterocycles. The van der Waals surface area contributed by atoms with E-state index >= 15 is 0 Å². The van der Waals surface area contributed by atoms with Crippen LogP contribution in [0.25, 0.3) is 0 Å². The summed E-state index contributed by atoms with van der Waals surface area (Å²) in [4.78, 5) is 9.07. The van der Waals surface area contributed by atoms with Gasteiger partial charge < -0.3 is 4.74 Å². The van der Waals surface area contributed by atoms with Gasteiger partial charge in [-0.3, -0.25) is 0 Å². The molecule has 0 radical (unpaired) electrons. The zero-order valence-corrected chi connectivity index (χ0v) is 5.45. The summed E-state index contributed by atoms with van der Waals surface area (Å²) in [5.74, 6) is -0.705. The monoisotopic (exact) mass is 154 g/mol. The second-order valence-corrected chi connectivity index (χ2v) is 2.00. The molecule has 0 rings (SSSR count). The molecule has 0 saturated carbocycles. The molecule has 4 heteroatoms. The summed E-state index contributed by atoms with van der Waals surface area (Å²) < 4.78 is 4.16. The number of esters is 1. The van der Waals surface area contributed by atoms with Crippen LogP contribution in [-0.2, 0) is 9.53 Å². The first-order chi connectivity index (χ1) is 3.68. The Hall–Kier alpha value is -0.210. The van der Waals surface area contributed by atoms with Crippen LogP contribution < -0.4 is 0 Å². The molecule has 0 aliphatic carbocycles. The predicted molar refractivity (Wildman–Crippen MR) is 31.8 cm³/mol. The van der Waals surface area contributed by atoms with Crippen LogP contribution in [0.4, 0.5) is 0 Å². The van der Waals surface area contributed by atoms with E-state index in [2.05, 4.69) is 11.3 Å². The zero-order chi connectivity index (χ0) is 6.57. The van der Waals surface area contributed by atoms with Crippen molar-refractivity contribution in [1.82, 2.24) is 0 Å². The molecule has 0 atom stereocenters. The van der Waals surface area contributed by atoms with Crippen molar-refractivity contribution in [3.63, 3.8) is 0 Å². The van der Waals surface area contributed by atoms with E-state index in [0.717, 1.165) is 6.26 Å². The summed E-state index contributed by atoms with van der Waals surface area (Å²) >= 11 is 10.1. The molecule has 0 fully saturated rings. The molecular weight excluding hydrogens is 151 g/mol. The van der Waals surface area contributed by atoms with E-state index in [1.54, 1.807) is 0 Å². The molecule has 0 spiro atoms. The lowest BCUT2D eigenvalue weighted by Crippen LogP contribution is -2.07. The van der Waals surface area contributed by atoms with Crippen LogP contribution >= 0.6 is 23.2 Å². The van der Waals surface area contributed by atoms with Crippen molar-refractivity contribution in [1.29, 1.82) is 0 Å². The molecule has 0 N–H and O–H groups in total. The van der Waals surface area contributed by atoms with Gasteiger partial charge >= 0.3 is 5.97 Å². The summed E-state index contributed by atoms with van der Waals surface area (Å²) in [6, 6.07) is 0. The second kappa shape index (κ2) is 3.75.